The lowest BCUT2D eigenvalue weighted by Crippen LogP contribution is -2.03. The molecule has 0 aliphatic carbocycles. The number of hydrogen-bond donors (Lipinski definition) is 1. The Bertz CT molecular complexity index is 317. The normalized spacial score (nSPS) is 11.6. The number of oxime groups is 1. The summed E-state index contributed by atoms with van der Waals surface area (Å²) in [5.41, 5.74) is 0.599. The Kier molecular flexibility index (Phi) is 4.32. The van der Waals surface area contributed by atoms with Crippen LogP contribution in [0.2, 0.25) is 0 Å². The largest absolute Gasteiger partial charge is 0.411 e. The van der Waals surface area contributed by atoms with Gasteiger partial charge in [-0.3, -0.25) is 4.79 Å². The third-order valence-corrected chi connectivity index (χ3v) is 2.88. The SMILES string of the molecule is CCC(=O)CC/C(=N/O)c1cccs1. The lowest BCUT2D eigenvalue weighted by atomic mass is 10.1. The third kappa shape index (κ3) is 2.96. The second kappa shape index (κ2) is 5.54. The van der Waals surface area contributed by atoms with Gasteiger partial charge in [0, 0.05) is 19.3 Å². The first-order valence-electron chi connectivity index (χ1n) is 4.54. The molecular weight excluding hydrogens is 198 g/mol. The fraction of sp³-hybridized carbons (Fsp3) is 0.400. The topological polar surface area (TPSA) is 49.7 Å². The molecule has 0 radical (unpaired) electrons. The summed E-state index contributed by atoms with van der Waals surface area (Å²) >= 11 is 1.51. The van der Waals surface area contributed by atoms with E-state index in [1.54, 1.807) is 0 Å². The molecule has 1 N–H and O–H groups in total. The molecule has 0 bridgehead atoms. The van der Waals surface area contributed by atoms with Crippen LogP contribution in [-0.2, 0) is 4.79 Å². The van der Waals surface area contributed by atoms with Crippen LogP contribution >= 0.6 is 11.3 Å². The van der Waals surface area contributed by atoms with Crippen LogP contribution in [0.1, 0.15) is 31.1 Å². The molecule has 3 nitrogen and oxygen atoms in total. The van der Waals surface area contributed by atoms with Crippen LogP contribution in [0.5, 0.6) is 0 Å². The molecule has 0 fully saturated rings. The first-order valence-corrected chi connectivity index (χ1v) is 5.42. The zero-order valence-corrected chi connectivity index (χ0v) is 8.88. The molecule has 14 heavy (non-hydrogen) atoms. The highest BCUT2D eigenvalue weighted by atomic mass is 32.1. The summed E-state index contributed by atoms with van der Waals surface area (Å²) in [6.45, 7) is 1.84. The minimum atomic E-state index is 0.197. The molecular formula is C10H13NO2S. The van der Waals surface area contributed by atoms with Crippen LogP contribution in [0.3, 0.4) is 0 Å². The van der Waals surface area contributed by atoms with Gasteiger partial charge < -0.3 is 5.21 Å². The Morgan fingerprint density at radius 2 is 2.36 bits per heavy atom. The molecule has 1 aromatic rings. The van der Waals surface area contributed by atoms with E-state index in [-0.39, 0.29) is 5.78 Å². The highest BCUT2D eigenvalue weighted by Crippen LogP contribution is 2.13. The average molecular weight is 211 g/mol. The average Bonchev–Trinajstić information content (AvgIpc) is 2.72. The summed E-state index contributed by atoms with van der Waals surface area (Å²) in [6, 6.07) is 3.78. The second-order valence-corrected chi connectivity index (χ2v) is 3.86. The van der Waals surface area contributed by atoms with Crippen molar-refractivity contribution in [1.82, 2.24) is 0 Å². The van der Waals surface area contributed by atoms with Gasteiger partial charge in [-0.05, 0) is 11.4 Å². The molecule has 4 heteroatoms. The van der Waals surface area contributed by atoms with E-state index in [1.807, 2.05) is 24.4 Å². The van der Waals surface area contributed by atoms with Crippen LogP contribution in [0.15, 0.2) is 22.7 Å². The van der Waals surface area contributed by atoms with Gasteiger partial charge in [0.25, 0.3) is 0 Å². The van der Waals surface area contributed by atoms with Crippen LogP contribution in [0.4, 0.5) is 0 Å². The molecule has 76 valence electrons. The Morgan fingerprint density at radius 3 is 2.86 bits per heavy atom. The summed E-state index contributed by atoms with van der Waals surface area (Å²) < 4.78 is 0. The summed E-state index contributed by atoms with van der Waals surface area (Å²) in [5.74, 6) is 0.197. The van der Waals surface area contributed by atoms with Gasteiger partial charge in [0.2, 0.25) is 0 Å². The Balaban J connectivity index is 2.54. The molecule has 0 unspecified atom stereocenters. The minimum Gasteiger partial charge on any atom is -0.411 e. The number of thiophene rings is 1. The van der Waals surface area contributed by atoms with E-state index < -0.39 is 0 Å². The molecule has 0 saturated heterocycles. The molecule has 1 rings (SSSR count). The summed E-state index contributed by atoms with van der Waals surface area (Å²) in [4.78, 5) is 12.0. The number of nitrogens with zero attached hydrogens (tertiary/aromatic N) is 1. The highest BCUT2D eigenvalue weighted by molar-refractivity contribution is 7.12. The maximum atomic E-state index is 11.1. The van der Waals surface area contributed by atoms with Crippen molar-refractivity contribution in [2.24, 2.45) is 5.16 Å². The lowest BCUT2D eigenvalue weighted by molar-refractivity contribution is -0.118. The zero-order chi connectivity index (χ0) is 10.4. The van der Waals surface area contributed by atoms with Gasteiger partial charge in [0.05, 0.1) is 10.6 Å². The van der Waals surface area contributed by atoms with Crippen molar-refractivity contribution >= 4 is 22.8 Å². The fourth-order valence-electron chi connectivity index (χ4n) is 1.10. The maximum Gasteiger partial charge on any atom is 0.133 e. The number of carbonyl (C=O) groups is 1. The van der Waals surface area contributed by atoms with Crippen molar-refractivity contribution in [2.45, 2.75) is 26.2 Å². The second-order valence-electron chi connectivity index (χ2n) is 2.92. The molecule has 0 aliphatic rings. The van der Waals surface area contributed by atoms with Crippen LogP contribution in [-0.4, -0.2) is 16.7 Å². The van der Waals surface area contributed by atoms with E-state index in [0.717, 1.165) is 4.88 Å². The van der Waals surface area contributed by atoms with Crippen molar-refractivity contribution in [1.29, 1.82) is 0 Å². The molecule has 1 heterocycles. The number of Topliss-reactive ketones (excluding diaryl/α,β-unsaturated/α-hetero) is 1. The lowest BCUT2D eigenvalue weighted by Gasteiger charge is -1.99. The predicted molar refractivity (Wildman–Crippen MR) is 57.2 cm³/mol. The standard InChI is InChI=1S/C10H13NO2S/c1-2-8(12)5-6-9(11-13)10-4-3-7-14-10/h3-4,7,13H,2,5-6H2,1H3/b11-9-. The molecule has 0 amide bonds. The number of rotatable bonds is 5. The van der Waals surface area contributed by atoms with E-state index in [1.165, 1.54) is 11.3 Å². The molecule has 0 aromatic carbocycles. The van der Waals surface area contributed by atoms with Crippen molar-refractivity contribution in [2.75, 3.05) is 0 Å². The van der Waals surface area contributed by atoms with Crippen molar-refractivity contribution in [3.63, 3.8) is 0 Å². The quantitative estimate of drug-likeness (QED) is 0.462. The van der Waals surface area contributed by atoms with Gasteiger partial charge in [0.1, 0.15) is 5.78 Å². The summed E-state index contributed by atoms with van der Waals surface area (Å²) in [6.07, 6.45) is 1.51. The highest BCUT2D eigenvalue weighted by Gasteiger charge is 2.07. The smallest absolute Gasteiger partial charge is 0.133 e. The molecule has 0 atom stereocenters. The molecule has 0 aliphatic heterocycles. The van der Waals surface area contributed by atoms with Crippen LogP contribution in [0.25, 0.3) is 0 Å². The zero-order valence-electron chi connectivity index (χ0n) is 8.06. The first-order chi connectivity index (χ1) is 6.77. The Labute approximate surface area is 87.1 Å². The Morgan fingerprint density at radius 1 is 1.57 bits per heavy atom. The minimum absolute atomic E-state index is 0.197. The molecule has 0 saturated carbocycles. The van der Waals surface area contributed by atoms with Crippen molar-refractivity contribution in [3.05, 3.63) is 22.4 Å². The van der Waals surface area contributed by atoms with Crippen molar-refractivity contribution < 1.29 is 10.0 Å². The van der Waals surface area contributed by atoms with Gasteiger partial charge in [-0.25, -0.2) is 0 Å². The van der Waals surface area contributed by atoms with Gasteiger partial charge in [-0.15, -0.1) is 11.3 Å². The first kappa shape index (κ1) is 10.9. The fourth-order valence-corrected chi connectivity index (χ4v) is 1.84. The van der Waals surface area contributed by atoms with Gasteiger partial charge in [-0.1, -0.05) is 18.1 Å². The van der Waals surface area contributed by atoms with E-state index in [9.17, 15) is 4.79 Å². The van der Waals surface area contributed by atoms with Crippen molar-refractivity contribution in [3.8, 4) is 0 Å². The van der Waals surface area contributed by atoms with E-state index >= 15 is 0 Å². The number of ketones is 1. The molecule has 1 aromatic heterocycles. The number of hydrogen-bond acceptors (Lipinski definition) is 4. The van der Waals surface area contributed by atoms with E-state index in [0.29, 0.717) is 25.0 Å². The monoisotopic (exact) mass is 211 g/mol. The summed E-state index contributed by atoms with van der Waals surface area (Å²) in [7, 11) is 0. The summed E-state index contributed by atoms with van der Waals surface area (Å²) in [5, 5.41) is 13.9. The van der Waals surface area contributed by atoms with E-state index in [2.05, 4.69) is 5.16 Å². The van der Waals surface area contributed by atoms with Gasteiger partial charge in [-0.2, -0.15) is 0 Å². The van der Waals surface area contributed by atoms with Gasteiger partial charge in [0.15, 0.2) is 0 Å². The van der Waals surface area contributed by atoms with E-state index in [4.69, 9.17) is 5.21 Å². The van der Waals surface area contributed by atoms with Crippen LogP contribution in [0, 0.1) is 0 Å². The number of carbonyl (C=O) groups excluding carboxylic acids is 1. The predicted octanol–water partition coefficient (Wildman–Crippen LogP) is 2.69. The maximum absolute atomic E-state index is 11.1. The van der Waals surface area contributed by atoms with Gasteiger partial charge >= 0.3 is 0 Å². The molecule has 0 spiro atoms. The third-order valence-electron chi connectivity index (χ3n) is 1.96. The Hall–Kier alpha value is -1.16. The van der Waals surface area contributed by atoms with Crippen LogP contribution < -0.4 is 0 Å².